The Bertz CT molecular complexity index is 594. The number of carbonyl (C=O) groups excluding carboxylic acids is 3. The topological polar surface area (TPSA) is 63.7 Å². The van der Waals surface area contributed by atoms with Crippen LogP contribution in [0.15, 0.2) is 30.3 Å². The fourth-order valence-electron chi connectivity index (χ4n) is 2.03. The molecular formula is C17H21NO4S. The summed E-state index contributed by atoms with van der Waals surface area (Å²) < 4.78 is 5.13. The van der Waals surface area contributed by atoms with Gasteiger partial charge in [0.05, 0.1) is 5.88 Å². The molecule has 23 heavy (non-hydrogen) atoms. The van der Waals surface area contributed by atoms with Gasteiger partial charge in [0.25, 0.3) is 5.91 Å². The lowest BCUT2D eigenvalue weighted by Gasteiger charge is -2.23. The molecule has 0 spiro atoms. The normalized spacial score (nSPS) is 17.9. The second-order valence-electron chi connectivity index (χ2n) is 6.44. The highest BCUT2D eigenvalue weighted by Crippen LogP contribution is 2.24. The minimum absolute atomic E-state index is 0.141. The van der Waals surface area contributed by atoms with Crippen molar-refractivity contribution in [2.75, 3.05) is 18.2 Å². The van der Waals surface area contributed by atoms with Gasteiger partial charge in [-0.25, -0.2) is 4.79 Å². The molecule has 2 rings (SSSR count). The summed E-state index contributed by atoms with van der Waals surface area (Å²) >= 11 is 1.50. The van der Waals surface area contributed by atoms with Crippen molar-refractivity contribution in [2.24, 2.45) is 5.41 Å². The molecule has 0 unspecified atom stereocenters. The van der Waals surface area contributed by atoms with E-state index >= 15 is 0 Å². The van der Waals surface area contributed by atoms with Crippen LogP contribution in [0.4, 0.5) is 0 Å². The molecule has 6 heteroatoms. The van der Waals surface area contributed by atoms with Crippen LogP contribution in [0.5, 0.6) is 0 Å². The predicted octanol–water partition coefficient (Wildman–Crippen LogP) is 2.36. The summed E-state index contributed by atoms with van der Waals surface area (Å²) in [4.78, 5) is 38.1. The first-order valence-corrected chi connectivity index (χ1v) is 8.60. The number of esters is 1. The smallest absolute Gasteiger partial charge is 0.330 e. The van der Waals surface area contributed by atoms with Crippen LogP contribution in [0, 0.1) is 5.41 Å². The SMILES string of the molecule is CC(C)(C)C(=O)COC(=O)[C@@H]1CSCN1C(=O)c1ccccc1. The molecule has 0 aliphatic carbocycles. The number of thioether (sulfide) groups is 1. The van der Waals surface area contributed by atoms with Crippen molar-refractivity contribution in [3.05, 3.63) is 35.9 Å². The number of ketones is 1. The molecule has 1 fully saturated rings. The molecule has 1 saturated heterocycles. The van der Waals surface area contributed by atoms with E-state index in [0.717, 1.165) is 0 Å². The number of hydrogen-bond donors (Lipinski definition) is 0. The van der Waals surface area contributed by atoms with Gasteiger partial charge >= 0.3 is 5.97 Å². The fraction of sp³-hybridized carbons (Fsp3) is 0.471. The number of rotatable bonds is 4. The molecule has 1 amide bonds. The summed E-state index contributed by atoms with van der Waals surface area (Å²) in [7, 11) is 0. The van der Waals surface area contributed by atoms with Crippen LogP contribution in [0.1, 0.15) is 31.1 Å². The van der Waals surface area contributed by atoms with E-state index in [-0.39, 0.29) is 18.3 Å². The summed E-state index contributed by atoms with van der Waals surface area (Å²) in [6, 6.07) is 8.20. The minimum Gasteiger partial charge on any atom is -0.456 e. The lowest BCUT2D eigenvalue weighted by atomic mass is 9.91. The van der Waals surface area contributed by atoms with Gasteiger partial charge in [0, 0.05) is 16.7 Å². The molecule has 1 heterocycles. The van der Waals surface area contributed by atoms with Crippen LogP contribution >= 0.6 is 11.8 Å². The van der Waals surface area contributed by atoms with Gasteiger partial charge in [0.2, 0.25) is 0 Å². The number of benzene rings is 1. The molecule has 1 aliphatic rings. The van der Waals surface area contributed by atoms with E-state index in [1.165, 1.54) is 16.7 Å². The Morgan fingerprint density at radius 3 is 2.48 bits per heavy atom. The highest BCUT2D eigenvalue weighted by atomic mass is 32.2. The maximum absolute atomic E-state index is 12.5. The molecular weight excluding hydrogens is 314 g/mol. The molecule has 0 N–H and O–H groups in total. The van der Waals surface area contributed by atoms with Gasteiger partial charge in [-0.1, -0.05) is 39.0 Å². The van der Waals surface area contributed by atoms with Crippen LogP contribution in [0.25, 0.3) is 0 Å². The Morgan fingerprint density at radius 2 is 1.87 bits per heavy atom. The van der Waals surface area contributed by atoms with Crippen LogP contribution in [-0.4, -0.2) is 46.8 Å². The quantitative estimate of drug-likeness (QED) is 0.791. The first-order valence-electron chi connectivity index (χ1n) is 7.44. The maximum Gasteiger partial charge on any atom is 0.330 e. The zero-order valence-corrected chi connectivity index (χ0v) is 14.4. The number of Topliss-reactive ketones (excluding diaryl/α,β-unsaturated/α-hetero) is 1. The largest absolute Gasteiger partial charge is 0.456 e. The number of ether oxygens (including phenoxy) is 1. The first-order chi connectivity index (χ1) is 10.8. The molecule has 0 bridgehead atoms. The third kappa shape index (κ3) is 4.34. The Balaban J connectivity index is 2.00. The summed E-state index contributed by atoms with van der Waals surface area (Å²) in [6.45, 7) is 5.08. The van der Waals surface area contributed by atoms with E-state index in [2.05, 4.69) is 0 Å². The van der Waals surface area contributed by atoms with Crippen LogP contribution in [-0.2, 0) is 14.3 Å². The predicted molar refractivity (Wildman–Crippen MR) is 89.1 cm³/mol. The molecule has 1 aliphatic heterocycles. The average Bonchev–Trinajstić information content (AvgIpc) is 3.01. The van der Waals surface area contributed by atoms with Gasteiger partial charge in [-0.15, -0.1) is 11.8 Å². The number of amides is 1. The molecule has 124 valence electrons. The van der Waals surface area contributed by atoms with Gasteiger partial charge < -0.3 is 9.64 Å². The average molecular weight is 335 g/mol. The first kappa shape index (κ1) is 17.5. The summed E-state index contributed by atoms with van der Waals surface area (Å²) in [6.07, 6.45) is 0. The van der Waals surface area contributed by atoms with Gasteiger partial charge in [0.15, 0.2) is 12.4 Å². The van der Waals surface area contributed by atoms with E-state index in [0.29, 0.717) is 17.2 Å². The van der Waals surface area contributed by atoms with E-state index in [1.54, 1.807) is 45.0 Å². The lowest BCUT2D eigenvalue weighted by Crippen LogP contribution is -2.43. The molecule has 1 atom stereocenters. The summed E-state index contributed by atoms with van der Waals surface area (Å²) in [5, 5.41) is 0. The number of carbonyl (C=O) groups is 3. The van der Waals surface area contributed by atoms with E-state index in [4.69, 9.17) is 4.74 Å². The molecule has 0 aromatic heterocycles. The highest BCUT2D eigenvalue weighted by Gasteiger charge is 2.36. The van der Waals surface area contributed by atoms with Gasteiger partial charge in [-0.05, 0) is 12.1 Å². The van der Waals surface area contributed by atoms with E-state index < -0.39 is 17.4 Å². The molecule has 5 nitrogen and oxygen atoms in total. The fourth-order valence-corrected chi connectivity index (χ4v) is 3.17. The Labute approximate surface area is 140 Å². The standard InChI is InChI=1S/C17H21NO4S/c1-17(2,3)14(19)9-22-16(21)13-10-23-11-18(13)15(20)12-7-5-4-6-8-12/h4-8,13H,9-11H2,1-3H3/t13-/m0/s1. The van der Waals surface area contributed by atoms with Crippen molar-refractivity contribution in [1.29, 1.82) is 0 Å². The van der Waals surface area contributed by atoms with Crippen molar-refractivity contribution in [1.82, 2.24) is 4.90 Å². The highest BCUT2D eigenvalue weighted by molar-refractivity contribution is 7.99. The Morgan fingerprint density at radius 1 is 1.22 bits per heavy atom. The zero-order chi connectivity index (χ0) is 17.0. The Kier molecular flexibility index (Phi) is 5.46. The summed E-state index contributed by atoms with van der Waals surface area (Å²) in [5.74, 6) is 0.0796. The van der Waals surface area contributed by atoms with Gasteiger partial charge in [0.1, 0.15) is 6.04 Å². The maximum atomic E-state index is 12.5. The van der Waals surface area contributed by atoms with Crippen LogP contribution < -0.4 is 0 Å². The molecule has 0 saturated carbocycles. The monoisotopic (exact) mass is 335 g/mol. The number of nitrogens with zero attached hydrogens (tertiary/aromatic N) is 1. The molecule has 1 aromatic carbocycles. The van der Waals surface area contributed by atoms with Gasteiger partial charge in [-0.2, -0.15) is 0 Å². The second-order valence-corrected chi connectivity index (χ2v) is 7.44. The zero-order valence-electron chi connectivity index (χ0n) is 13.6. The molecule has 0 radical (unpaired) electrons. The van der Waals surface area contributed by atoms with Crippen molar-refractivity contribution in [2.45, 2.75) is 26.8 Å². The van der Waals surface area contributed by atoms with Gasteiger partial charge in [-0.3, -0.25) is 9.59 Å². The minimum atomic E-state index is -0.638. The summed E-state index contributed by atoms with van der Waals surface area (Å²) in [5.41, 5.74) is -0.0110. The second kappa shape index (κ2) is 7.17. The van der Waals surface area contributed by atoms with Crippen molar-refractivity contribution >= 4 is 29.4 Å². The van der Waals surface area contributed by atoms with Crippen LogP contribution in [0.3, 0.4) is 0 Å². The number of hydrogen-bond acceptors (Lipinski definition) is 5. The van der Waals surface area contributed by atoms with E-state index in [9.17, 15) is 14.4 Å². The van der Waals surface area contributed by atoms with Crippen LogP contribution in [0.2, 0.25) is 0 Å². The lowest BCUT2D eigenvalue weighted by molar-refractivity contribution is -0.153. The van der Waals surface area contributed by atoms with Crippen molar-refractivity contribution in [3.63, 3.8) is 0 Å². The molecule has 1 aromatic rings. The van der Waals surface area contributed by atoms with E-state index in [1.807, 2.05) is 6.07 Å². The van der Waals surface area contributed by atoms with Crippen molar-refractivity contribution in [3.8, 4) is 0 Å². The third-order valence-corrected chi connectivity index (χ3v) is 4.63. The van der Waals surface area contributed by atoms with Crippen molar-refractivity contribution < 1.29 is 19.1 Å². The third-order valence-electron chi connectivity index (χ3n) is 3.62. The Hall–Kier alpha value is -1.82.